The first-order valence-corrected chi connectivity index (χ1v) is 6.06. The number of benzene rings is 1. The summed E-state index contributed by atoms with van der Waals surface area (Å²) in [4.78, 5) is 7.93. The van der Waals surface area contributed by atoms with Crippen molar-refractivity contribution in [1.29, 1.82) is 0 Å². The summed E-state index contributed by atoms with van der Waals surface area (Å²) >= 11 is 0. The number of allylic oxidation sites excluding steroid dienone is 1. The largest absolute Gasteiger partial charge is 0.338 e. The second-order valence-corrected chi connectivity index (χ2v) is 4.50. The molecule has 2 heteroatoms. The van der Waals surface area contributed by atoms with E-state index in [-0.39, 0.29) is 0 Å². The van der Waals surface area contributed by atoms with Crippen LogP contribution < -0.4 is 0 Å². The zero-order chi connectivity index (χ0) is 10.8. The molecule has 1 aliphatic carbocycles. The van der Waals surface area contributed by atoms with Crippen molar-refractivity contribution >= 4 is 17.1 Å². The fourth-order valence-corrected chi connectivity index (χ4v) is 2.38. The number of nitrogens with one attached hydrogen (secondary N) is 1. The molecule has 0 atom stereocenters. The van der Waals surface area contributed by atoms with Gasteiger partial charge in [-0.2, -0.15) is 0 Å². The van der Waals surface area contributed by atoms with Crippen molar-refractivity contribution in [2.45, 2.75) is 32.1 Å². The molecule has 2 aromatic rings. The van der Waals surface area contributed by atoms with Gasteiger partial charge in [-0.3, -0.25) is 0 Å². The van der Waals surface area contributed by atoms with Gasteiger partial charge < -0.3 is 4.98 Å². The molecule has 1 aromatic carbocycles. The lowest BCUT2D eigenvalue weighted by Crippen LogP contribution is -1.93. The van der Waals surface area contributed by atoms with Crippen molar-refractivity contribution in [3.8, 4) is 0 Å². The number of H-pyrrole nitrogens is 1. The summed E-state index contributed by atoms with van der Waals surface area (Å²) < 4.78 is 0. The highest BCUT2D eigenvalue weighted by Gasteiger charge is 2.06. The number of hydrogen-bond acceptors (Lipinski definition) is 1. The smallest absolute Gasteiger partial charge is 0.131 e. The lowest BCUT2D eigenvalue weighted by molar-refractivity contribution is 0.602. The fraction of sp³-hybridized carbons (Fsp3) is 0.357. The van der Waals surface area contributed by atoms with Crippen molar-refractivity contribution in [3.05, 3.63) is 35.7 Å². The number of aromatic nitrogens is 2. The van der Waals surface area contributed by atoms with E-state index in [1.165, 1.54) is 32.1 Å². The van der Waals surface area contributed by atoms with Gasteiger partial charge in [0, 0.05) is 0 Å². The Bertz CT molecular complexity index is 481. The van der Waals surface area contributed by atoms with Crippen LogP contribution >= 0.6 is 0 Å². The summed E-state index contributed by atoms with van der Waals surface area (Å²) in [6.45, 7) is 0. The summed E-state index contributed by atoms with van der Waals surface area (Å²) in [5.41, 5.74) is 3.74. The van der Waals surface area contributed by atoms with Gasteiger partial charge in [0.25, 0.3) is 0 Å². The van der Waals surface area contributed by atoms with E-state index in [0.29, 0.717) is 0 Å². The van der Waals surface area contributed by atoms with E-state index >= 15 is 0 Å². The van der Waals surface area contributed by atoms with E-state index in [9.17, 15) is 0 Å². The quantitative estimate of drug-likeness (QED) is 0.762. The normalized spacial score (nSPS) is 16.6. The van der Waals surface area contributed by atoms with Crippen molar-refractivity contribution in [2.75, 3.05) is 0 Å². The Balaban J connectivity index is 1.93. The molecule has 0 aliphatic heterocycles. The molecule has 0 saturated heterocycles. The average Bonchev–Trinajstić information content (AvgIpc) is 2.72. The third-order valence-electron chi connectivity index (χ3n) is 3.24. The first-order valence-electron chi connectivity index (χ1n) is 6.06. The molecule has 0 spiro atoms. The summed E-state index contributed by atoms with van der Waals surface area (Å²) in [6, 6.07) is 8.19. The number of para-hydroxylation sites is 2. The van der Waals surface area contributed by atoms with E-state index in [0.717, 1.165) is 16.9 Å². The third-order valence-corrected chi connectivity index (χ3v) is 3.24. The van der Waals surface area contributed by atoms with E-state index in [2.05, 4.69) is 28.2 Å². The fourth-order valence-electron chi connectivity index (χ4n) is 2.38. The molecule has 16 heavy (non-hydrogen) atoms. The Labute approximate surface area is 95.4 Å². The minimum Gasteiger partial charge on any atom is -0.338 e. The molecular weight excluding hydrogens is 196 g/mol. The van der Waals surface area contributed by atoms with Gasteiger partial charge >= 0.3 is 0 Å². The van der Waals surface area contributed by atoms with Crippen LogP contribution in [0.15, 0.2) is 29.8 Å². The van der Waals surface area contributed by atoms with Crippen molar-refractivity contribution in [1.82, 2.24) is 9.97 Å². The van der Waals surface area contributed by atoms with Crippen LogP contribution in [-0.2, 0) is 0 Å². The molecular formula is C14H16N2. The number of hydrogen-bond donors (Lipinski definition) is 1. The maximum Gasteiger partial charge on any atom is 0.131 e. The van der Waals surface area contributed by atoms with Crippen molar-refractivity contribution in [3.63, 3.8) is 0 Å². The second kappa shape index (κ2) is 4.12. The maximum atomic E-state index is 4.57. The van der Waals surface area contributed by atoms with Crippen LogP contribution in [0.3, 0.4) is 0 Å². The lowest BCUT2D eigenvalue weighted by Gasteiger charge is -2.12. The standard InChI is InChI=1S/C14H16N2/c1-2-6-11(7-3-1)10-14-15-12-8-4-5-9-13(12)16-14/h4-5,8-10H,1-3,6-7H2,(H,15,16). The second-order valence-electron chi connectivity index (χ2n) is 4.50. The molecule has 0 unspecified atom stereocenters. The highest BCUT2D eigenvalue weighted by molar-refractivity contribution is 5.76. The van der Waals surface area contributed by atoms with Crippen LogP contribution in [0.5, 0.6) is 0 Å². The topological polar surface area (TPSA) is 28.7 Å². The Morgan fingerprint density at radius 1 is 1.06 bits per heavy atom. The molecule has 1 aromatic heterocycles. The summed E-state index contributed by atoms with van der Waals surface area (Å²) in [6.07, 6.45) is 8.79. The van der Waals surface area contributed by atoms with E-state index < -0.39 is 0 Å². The van der Waals surface area contributed by atoms with Crippen LogP contribution in [0.4, 0.5) is 0 Å². The minimum atomic E-state index is 1.01. The monoisotopic (exact) mass is 212 g/mol. The molecule has 1 N–H and O–H groups in total. The minimum absolute atomic E-state index is 1.01. The van der Waals surface area contributed by atoms with Crippen LogP contribution in [-0.4, -0.2) is 9.97 Å². The SMILES string of the molecule is C(=C1CCCCC1)c1nc2ccccc2[nH]1. The van der Waals surface area contributed by atoms with Crippen LogP contribution in [0.2, 0.25) is 0 Å². The number of rotatable bonds is 1. The first kappa shape index (κ1) is 9.64. The Kier molecular flexibility index (Phi) is 2.49. The van der Waals surface area contributed by atoms with Gasteiger partial charge in [0.05, 0.1) is 11.0 Å². The van der Waals surface area contributed by atoms with Gasteiger partial charge in [0.15, 0.2) is 0 Å². The van der Waals surface area contributed by atoms with Gasteiger partial charge in [-0.25, -0.2) is 4.98 Å². The van der Waals surface area contributed by atoms with Gasteiger partial charge in [-0.05, 0) is 43.9 Å². The highest BCUT2D eigenvalue weighted by atomic mass is 14.9. The third kappa shape index (κ3) is 1.87. The van der Waals surface area contributed by atoms with Gasteiger partial charge in [0.1, 0.15) is 5.82 Å². The van der Waals surface area contributed by atoms with Crippen LogP contribution in [0.1, 0.15) is 37.9 Å². The van der Waals surface area contributed by atoms with Crippen molar-refractivity contribution in [2.24, 2.45) is 0 Å². The molecule has 1 aliphatic rings. The van der Waals surface area contributed by atoms with Crippen LogP contribution in [0.25, 0.3) is 17.1 Å². The number of nitrogens with zero attached hydrogens (tertiary/aromatic N) is 1. The summed E-state index contributed by atoms with van der Waals surface area (Å²) in [5.74, 6) is 1.01. The zero-order valence-electron chi connectivity index (χ0n) is 9.37. The van der Waals surface area contributed by atoms with E-state index in [1.54, 1.807) is 5.57 Å². The molecule has 1 saturated carbocycles. The van der Waals surface area contributed by atoms with Crippen molar-refractivity contribution < 1.29 is 0 Å². The summed E-state index contributed by atoms with van der Waals surface area (Å²) in [5, 5.41) is 0. The molecule has 0 radical (unpaired) electrons. The number of aromatic amines is 1. The first-order chi connectivity index (χ1) is 7.92. The van der Waals surface area contributed by atoms with Gasteiger partial charge in [-0.1, -0.05) is 24.1 Å². The number of fused-ring (bicyclic) bond motifs is 1. The molecule has 0 amide bonds. The molecule has 0 bridgehead atoms. The lowest BCUT2D eigenvalue weighted by atomic mass is 9.95. The molecule has 2 nitrogen and oxygen atoms in total. The molecule has 1 heterocycles. The Morgan fingerprint density at radius 3 is 2.69 bits per heavy atom. The van der Waals surface area contributed by atoms with E-state index in [1.807, 2.05) is 12.1 Å². The van der Waals surface area contributed by atoms with E-state index in [4.69, 9.17) is 0 Å². The molecule has 1 fully saturated rings. The molecule has 82 valence electrons. The highest BCUT2D eigenvalue weighted by Crippen LogP contribution is 2.24. The predicted molar refractivity (Wildman–Crippen MR) is 67.2 cm³/mol. The summed E-state index contributed by atoms with van der Waals surface area (Å²) in [7, 11) is 0. The molecule has 3 rings (SSSR count). The van der Waals surface area contributed by atoms with Gasteiger partial charge in [-0.15, -0.1) is 0 Å². The number of imidazole rings is 1. The average molecular weight is 212 g/mol. The zero-order valence-corrected chi connectivity index (χ0v) is 9.37. The Morgan fingerprint density at radius 2 is 1.88 bits per heavy atom. The van der Waals surface area contributed by atoms with Gasteiger partial charge in [0.2, 0.25) is 0 Å². The predicted octanol–water partition coefficient (Wildman–Crippen LogP) is 3.91. The van der Waals surface area contributed by atoms with Crippen LogP contribution in [0, 0.1) is 0 Å². The maximum absolute atomic E-state index is 4.57. The Hall–Kier alpha value is -1.57.